The average molecular weight is 243 g/mol. The van der Waals surface area contributed by atoms with E-state index in [1.54, 1.807) is 0 Å². The van der Waals surface area contributed by atoms with Gasteiger partial charge in [-0.3, -0.25) is 4.99 Å². The first kappa shape index (κ1) is 15.8. The molecule has 2 nitrogen and oxygen atoms in total. The molecular formula is C13H29NOSi. The lowest BCUT2D eigenvalue weighted by molar-refractivity contribution is 0.0214. The third-order valence-corrected chi connectivity index (χ3v) is 5.15. The molecule has 0 rings (SSSR count). The molecule has 0 bridgehead atoms. The summed E-state index contributed by atoms with van der Waals surface area (Å²) >= 11 is 0. The summed E-state index contributed by atoms with van der Waals surface area (Å²) in [5, 5.41) is 12.1. The first-order chi connectivity index (χ1) is 7.08. The average Bonchev–Trinajstić information content (AvgIpc) is 2.10. The van der Waals surface area contributed by atoms with E-state index >= 15 is 0 Å². The first-order valence-electron chi connectivity index (χ1n) is 6.36. The molecule has 0 atom stereocenters. The molecule has 0 saturated carbocycles. The SMILES string of the molecule is CCN=C(C(O)(C(C)C)C(C)C)[Si](C)(C)C. The van der Waals surface area contributed by atoms with E-state index in [1.807, 2.05) is 6.92 Å². The van der Waals surface area contributed by atoms with Gasteiger partial charge in [-0.05, 0) is 18.8 Å². The molecule has 0 unspecified atom stereocenters. The summed E-state index contributed by atoms with van der Waals surface area (Å²) < 4.78 is 0. The monoisotopic (exact) mass is 243 g/mol. The van der Waals surface area contributed by atoms with Crippen molar-refractivity contribution in [2.45, 2.75) is 59.9 Å². The minimum atomic E-state index is -1.57. The van der Waals surface area contributed by atoms with Crippen LogP contribution in [0.3, 0.4) is 0 Å². The highest BCUT2D eigenvalue weighted by atomic mass is 28.3. The Balaban J connectivity index is 5.57. The molecule has 0 spiro atoms. The molecule has 3 heteroatoms. The van der Waals surface area contributed by atoms with Crippen LogP contribution in [0.1, 0.15) is 34.6 Å². The molecule has 0 amide bonds. The largest absolute Gasteiger partial charge is 0.384 e. The Hall–Kier alpha value is -0.153. The molecule has 0 fully saturated rings. The second-order valence-electron chi connectivity index (χ2n) is 6.21. The fraction of sp³-hybridized carbons (Fsp3) is 0.923. The van der Waals surface area contributed by atoms with Gasteiger partial charge in [0.25, 0.3) is 0 Å². The Morgan fingerprint density at radius 1 is 1.12 bits per heavy atom. The van der Waals surface area contributed by atoms with E-state index in [4.69, 9.17) is 0 Å². The maximum atomic E-state index is 11.0. The topological polar surface area (TPSA) is 32.6 Å². The standard InChI is InChI=1S/C13H29NOSi/c1-9-14-12(16(6,7)8)13(15,10(2)3)11(4)5/h10-11,15H,9H2,1-8H3. The maximum Gasteiger partial charge on any atom is 0.103 e. The van der Waals surface area contributed by atoms with Crippen LogP contribution in [-0.4, -0.2) is 30.7 Å². The maximum absolute atomic E-state index is 11.0. The van der Waals surface area contributed by atoms with E-state index in [9.17, 15) is 5.11 Å². The van der Waals surface area contributed by atoms with Crippen molar-refractivity contribution in [2.24, 2.45) is 16.8 Å². The van der Waals surface area contributed by atoms with Crippen molar-refractivity contribution in [3.05, 3.63) is 0 Å². The van der Waals surface area contributed by atoms with E-state index in [1.165, 1.54) is 0 Å². The lowest BCUT2D eigenvalue weighted by Crippen LogP contribution is -2.57. The number of hydrogen-bond acceptors (Lipinski definition) is 2. The second-order valence-corrected chi connectivity index (χ2v) is 11.2. The summed E-state index contributed by atoms with van der Waals surface area (Å²) in [4.78, 5) is 4.64. The number of hydrogen-bond donors (Lipinski definition) is 1. The summed E-state index contributed by atoms with van der Waals surface area (Å²) in [5.41, 5.74) is -0.736. The van der Waals surface area contributed by atoms with Gasteiger partial charge < -0.3 is 5.11 Å². The predicted octanol–water partition coefficient (Wildman–Crippen LogP) is 3.37. The zero-order chi connectivity index (χ0) is 13.1. The lowest BCUT2D eigenvalue weighted by atomic mass is 9.81. The highest BCUT2D eigenvalue weighted by molar-refractivity contribution is 7.05. The number of aliphatic imine (C=N–C) groups is 1. The van der Waals surface area contributed by atoms with Gasteiger partial charge in [-0.1, -0.05) is 47.3 Å². The van der Waals surface area contributed by atoms with Crippen molar-refractivity contribution in [1.82, 2.24) is 0 Å². The molecular weight excluding hydrogens is 214 g/mol. The van der Waals surface area contributed by atoms with Crippen LogP contribution in [0.2, 0.25) is 19.6 Å². The van der Waals surface area contributed by atoms with E-state index < -0.39 is 13.7 Å². The highest BCUT2D eigenvalue weighted by Gasteiger charge is 2.44. The molecule has 0 aliphatic carbocycles. The van der Waals surface area contributed by atoms with Crippen LogP contribution in [0.4, 0.5) is 0 Å². The molecule has 0 aromatic heterocycles. The van der Waals surface area contributed by atoms with Crippen LogP contribution in [0, 0.1) is 11.8 Å². The Bertz CT molecular complexity index is 243. The summed E-state index contributed by atoms with van der Waals surface area (Å²) in [5.74, 6) is 0.425. The van der Waals surface area contributed by atoms with Crippen molar-refractivity contribution in [2.75, 3.05) is 6.54 Å². The normalized spacial score (nSPS) is 15.1. The Labute approximate surface area is 102 Å². The zero-order valence-corrected chi connectivity index (χ0v) is 13.3. The molecule has 0 aliphatic rings. The van der Waals surface area contributed by atoms with Gasteiger partial charge in [0.05, 0.1) is 8.07 Å². The molecule has 0 aromatic rings. The van der Waals surface area contributed by atoms with Crippen molar-refractivity contribution < 1.29 is 5.11 Å². The summed E-state index contributed by atoms with van der Waals surface area (Å²) in [6.45, 7) is 17.9. The van der Waals surface area contributed by atoms with Crippen LogP contribution in [-0.2, 0) is 0 Å². The fourth-order valence-corrected chi connectivity index (χ4v) is 4.75. The lowest BCUT2D eigenvalue weighted by Gasteiger charge is -2.42. The molecule has 0 aliphatic heterocycles. The molecule has 16 heavy (non-hydrogen) atoms. The van der Waals surface area contributed by atoms with Gasteiger partial charge in [0, 0.05) is 11.9 Å². The molecule has 0 saturated heterocycles. The zero-order valence-electron chi connectivity index (χ0n) is 12.3. The van der Waals surface area contributed by atoms with Crippen LogP contribution < -0.4 is 0 Å². The molecule has 0 aromatic carbocycles. The molecule has 0 radical (unpaired) electrons. The predicted molar refractivity (Wildman–Crippen MR) is 75.9 cm³/mol. The van der Waals surface area contributed by atoms with Crippen molar-refractivity contribution in [1.29, 1.82) is 0 Å². The quantitative estimate of drug-likeness (QED) is 0.583. The van der Waals surface area contributed by atoms with Crippen molar-refractivity contribution in [3.63, 3.8) is 0 Å². The van der Waals surface area contributed by atoms with Crippen molar-refractivity contribution >= 4 is 13.4 Å². The van der Waals surface area contributed by atoms with E-state index in [2.05, 4.69) is 52.3 Å². The Kier molecular flexibility index (Phi) is 5.40. The fourth-order valence-electron chi connectivity index (χ4n) is 2.34. The van der Waals surface area contributed by atoms with Gasteiger partial charge in [-0.25, -0.2) is 0 Å². The van der Waals surface area contributed by atoms with Gasteiger partial charge in [0.15, 0.2) is 0 Å². The van der Waals surface area contributed by atoms with E-state index in [0.717, 1.165) is 11.9 Å². The third-order valence-electron chi connectivity index (χ3n) is 3.17. The number of nitrogens with zero attached hydrogens (tertiary/aromatic N) is 1. The van der Waals surface area contributed by atoms with Crippen molar-refractivity contribution in [3.8, 4) is 0 Å². The number of rotatable bonds is 5. The van der Waals surface area contributed by atoms with Gasteiger partial charge in [-0.15, -0.1) is 0 Å². The summed E-state index contributed by atoms with van der Waals surface area (Å²) in [7, 11) is -1.57. The van der Waals surface area contributed by atoms with Crippen LogP contribution >= 0.6 is 0 Å². The summed E-state index contributed by atoms with van der Waals surface area (Å²) in [6.07, 6.45) is 0. The van der Waals surface area contributed by atoms with E-state index in [0.29, 0.717) is 0 Å². The van der Waals surface area contributed by atoms with Crippen LogP contribution in [0.15, 0.2) is 4.99 Å². The molecule has 96 valence electrons. The van der Waals surface area contributed by atoms with E-state index in [-0.39, 0.29) is 11.8 Å². The smallest absolute Gasteiger partial charge is 0.103 e. The highest BCUT2D eigenvalue weighted by Crippen LogP contribution is 2.31. The van der Waals surface area contributed by atoms with Crippen LogP contribution in [0.5, 0.6) is 0 Å². The van der Waals surface area contributed by atoms with Gasteiger partial charge in [-0.2, -0.15) is 0 Å². The van der Waals surface area contributed by atoms with Gasteiger partial charge in [0.2, 0.25) is 0 Å². The second kappa shape index (κ2) is 5.45. The molecule has 0 heterocycles. The van der Waals surface area contributed by atoms with Gasteiger partial charge in [0.1, 0.15) is 5.60 Å². The van der Waals surface area contributed by atoms with Crippen LogP contribution in [0.25, 0.3) is 0 Å². The molecule has 1 N–H and O–H groups in total. The number of aliphatic hydroxyl groups is 1. The third kappa shape index (κ3) is 3.17. The Morgan fingerprint density at radius 2 is 1.50 bits per heavy atom. The van der Waals surface area contributed by atoms with Gasteiger partial charge >= 0.3 is 0 Å². The summed E-state index contributed by atoms with van der Waals surface area (Å²) in [6, 6.07) is 0. The Morgan fingerprint density at radius 3 is 1.69 bits per heavy atom. The minimum Gasteiger partial charge on any atom is -0.384 e. The first-order valence-corrected chi connectivity index (χ1v) is 9.86. The minimum absolute atomic E-state index is 0.213.